The van der Waals surface area contributed by atoms with E-state index in [1.807, 2.05) is 30.3 Å². The summed E-state index contributed by atoms with van der Waals surface area (Å²) >= 11 is 0. The zero-order valence-corrected chi connectivity index (χ0v) is 13.0. The van der Waals surface area contributed by atoms with Gasteiger partial charge in [0.05, 0.1) is 11.1 Å². The van der Waals surface area contributed by atoms with Crippen LogP contribution in [0.4, 0.5) is 5.82 Å². The molecule has 21 heavy (non-hydrogen) atoms. The van der Waals surface area contributed by atoms with Crippen LogP contribution < -0.4 is 16.0 Å². The van der Waals surface area contributed by atoms with Crippen LogP contribution in [0.15, 0.2) is 30.3 Å². The molecule has 1 aliphatic heterocycles. The van der Waals surface area contributed by atoms with Crippen molar-refractivity contribution in [2.24, 2.45) is 5.73 Å². The second-order valence-electron chi connectivity index (χ2n) is 4.65. The fourth-order valence-corrected chi connectivity index (χ4v) is 2.40. The van der Waals surface area contributed by atoms with E-state index in [0.29, 0.717) is 11.4 Å². The molecule has 0 aliphatic carbocycles. The molecule has 0 spiro atoms. The maximum atomic E-state index is 11.6. The number of rotatable bonds is 2. The van der Waals surface area contributed by atoms with Crippen LogP contribution in [0.1, 0.15) is 10.4 Å². The number of halogens is 2. The van der Waals surface area contributed by atoms with Gasteiger partial charge in [-0.15, -0.1) is 24.8 Å². The largest absolute Gasteiger partial charge is 0.365 e. The Morgan fingerprint density at radius 2 is 1.86 bits per heavy atom. The summed E-state index contributed by atoms with van der Waals surface area (Å²) in [6.45, 7) is 3.47. The lowest BCUT2D eigenvalue weighted by Gasteiger charge is -2.29. The lowest BCUT2D eigenvalue weighted by atomic mass is 10.1. The van der Waals surface area contributed by atoms with E-state index in [1.54, 1.807) is 0 Å². The van der Waals surface area contributed by atoms with Crippen molar-refractivity contribution in [3.8, 4) is 0 Å². The van der Waals surface area contributed by atoms with Crippen LogP contribution in [0.5, 0.6) is 0 Å². The molecule has 1 aromatic heterocycles. The number of nitrogens with two attached hydrogens (primary N) is 1. The topological polar surface area (TPSA) is 71.2 Å². The van der Waals surface area contributed by atoms with Gasteiger partial charge in [0.1, 0.15) is 5.82 Å². The highest BCUT2D eigenvalue weighted by molar-refractivity contribution is 6.01. The SMILES string of the molecule is Cl.Cl.NC(=O)c1cc2ccccc2nc1N1CCNCC1. The average Bonchev–Trinajstić information content (AvgIpc) is 2.46. The van der Waals surface area contributed by atoms with E-state index in [0.717, 1.165) is 37.1 Å². The Labute approximate surface area is 135 Å². The van der Waals surface area contributed by atoms with Crippen molar-refractivity contribution in [3.63, 3.8) is 0 Å². The smallest absolute Gasteiger partial charge is 0.252 e. The summed E-state index contributed by atoms with van der Waals surface area (Å²) in [7, 11) is 0. The van der Waals surface area contributed by atoms with Crippen molar-refractivity contribution < 1.29 is 4.79 Å². The number of para-hydroxylation sites is 1. The molecule has 1 amide bonds. The molecule has 0 unspecified atom stereocenters. The highest BCUT2D eigenvalue weighted by atomic mass is 35.5. The van der Waals surface area contributed by atoms with Crippen molar-refractivity contribution in [2.45, 2.75) is 0 Å². The van der Waals surface area contributed by atoms with E-state index < -0.39 is 5.91 Å². The summed E-state index contributed by atoms with van der Waals surface area (Å²) in [5.74, 6) is 0.277. The molecule has 0 radical (unpaired) electrons. The molecule has 0 bridgehead atoms. The predicted octanol–water partition coefficient (Wildman–Crippen LogP) is 1.59. The fourth-order valence-electron chi connectivity index (χ4n) is 2.40. The molecule has 2 heterocycles. The van der Waals surface area contributed by atoms with Gasteiger partial charge in [-0.1, -0.05) is 18.2 Å². The summed E-state index contributed by atoms with van der Waals surface area (Å²) in [6.07, 6.45) is 0. The Morgan fingerprint density at radius 3 is 2.52 bits per heavy atom. The normalized spacial score (nSPS) is 14.2. The highest BCUT2D eigenvalue weighted by Gasteiger charge is 2.19. The van der Waals surface area contributed by atoms with Gasteiger partial charge in [-0.25, -0.2) is 4.98 Å². The summed E-state index contributed by atoms with van der Waals surface area (Å²) in [6, 6.07) is 9.60. The van der Waals surface area contributed by atoms with Gasteiger partial charge < -0.3 is 16.0 Å². The number of primary amides is 1. The molecule has 1 aromatic carbocycles. The Bertz CT molecular complexity index is 629. The third-order valence-corrected chi connectivity index (χ3v) is 3.39. The average molecular weight is 329 g/mol. The third-order valence-electron chi connectivity index (χ3n) is 3.39. The summed E-state index contributed by atoms with van der Waals surface area (Å²) in [5.41, 5.74) is 6.88. The van der Waals surface area contributed by atoms with Crippen LogP contribution in [-0.2, 0) is 0 Å². The van der Waals surface area contributed by atoms with Crippen LogP contribution in [0, 0.1) is 0 Å². The number of hydrogen-bond donors (Lipinski definition) is 2. The number of nitrogens with one attached hydrogen (secondary N) is 1. The van der Waals surface area contributed by atoms with Crippen molar-refractivity contribution in [1.29, 1.82) is 0 Å². The van der Waals surface area contributed by atoms with Crippen LogP contribution in [0.25, 0.3) is 10.9 Å². The van der Waals surface area contributed by atoms with E-state index in [4.69, 9.17) is 5.73 Å². The van der Waals surface area contributed by atoms with Crippen LogP contribution in [0.3, 0.4) is 0 Å². The molecule has 7 heteroatoms. The highest BCUT2D eigenvalue weighted by Crippen LogP contribution is 2.23. The number of pyridine rings is 1. The van der Waals surface area contributed by atoms with Crippen LogP contribution in [0.2, 0.25) is 0 Å². The summed E-state index contributed by atoms with van der Waals surface area (Å²) in [4.78, 5) is 18.4. The Balaban J connectivity index is 0.00000110. The minimum Gasteiger partial charge on any atom is -0.365 e. The Morgan fingerprint density at radius 1 is 1.19 bits per heavy atom. The van der Waals surface area contributed by atoms with Crippen molar-refractivity contribution in [2.75, 3.05) is 31.1 Å². The van der Waals surface area contributed by atoms with Gasteiger partial charge in [-0.3, -0.25) is 4.79 Å². The van der Waals surface area contributed by atoms with Gasteiger partial charge in [0.2, 0.25) is 0 Å². The summed E-state index contributed by atoms with van der Waals surface area (Å²) in [5, 5.41) is 4.22. The van der Waals surface area contributed by atoms with E-state index in [2.05, 4.69) is 15.2 Å². The number of carbonyl (C=O) groups excluding carboxylic acids is 1. The number of aromatic nitrogens is 1. The van der Waals surface area contributed by atoms with Gasteiger partial charge in [-0.2, -0.15) is 0 Å². The lowest BCUT2D eigenvalue weighted by molar-refractivity contribution is 0.100. The molecule has 1 saturated heterocycles. The first kappa shape index (κ1) is 17.5. The molecule has 3 rings (SSSR count). The minimum atomic E-state index is -0.424. The quantitative estimate of drug-likeness (QED) is 0.878. The van der Waals surface area contributed by atoms with Gasteiger partial charge in [0.25, 0.3) is 5.91 Å². The molecular formula is C14H18Cl2N4O. The van der Waals surface area contributed by atoms with E-state index in [-0.39, 0.29) is 24.8 Å². The number of piperazine rings is 1. The number of benzene rings is 1. The number of carbonyl (C=O) groups is 1. The lowest BCUT2D eigenvalue weighted by Crippen LogP contribution is -2.44. The van der Waals surface area contributed by atoms with Crippen molar-refractivity contribution in [3.05, 3.63) is 35.9 Å². The number of amides is 1. The van der Waals surface area contributed by atoms with Gasteiger partial charge in [0.15, 0.2) is 0 Å². The van der Waals surface area contributed by atoms with Crippen molar-refractivity contribution >= 4 is 47.4 Å². The van der Waals surface area contributed by atoms with Crippen molar-refractivity contribution in [1.82, 2.24) is 10.3 Å². The van der Waals surface area contributed by atoms with Gasteiger partial charge in [0, 0.05) is 31.6 Å². The first-order chi connectivity index (χ1) is 9.25. The predicted molar refractivity (Wildman–Crippen MR) is 89.8 cm³/mol. The number of anilines is 1. The first-order valence-electron chi connectivity index (χ1n) is 6.41. The zero-order chi connectivity index (χ0) is 13.2. The molecule has 2 aromatic rings. The van der Waals surface area contributed by atoms with E-state index in [9.17, 15) is 4.79 Å². The number of fused-ring (bicyclic) bond motifs is 1. The molecule has 1 aliphatic rings. The maximum Gasteiger partial charge on any atom is 0.252 e. The molecule has 114 valence electrons. The minimum absolute atomic E-state index is 0. The standard InChI is InChI=1S/C14H16N4O.2ClH/c15-13(19)11-9-10-3-1-2-4-12(10)17-14(11)18-7-5-16-6-8-18;;/h1-4,9,16H,5-8H2,(H2,15,19);2*1H. The fraction of sp³-hybridized carbons (Fsp3) is 0.286. The monoisotopic (exact) mass is 328 g/mol. The second kappa shape index (κ2) is 7.45. The molecular weight excluding hydrogens is 311 g/mol. The summed E-state index contributed by atoms with van der Waals surface area (Å²) < 4.78 is 0. The second-order valence-corrected chi connectivity index (χ2v) is 4.65. The number of nitrogens with zero attached hydrogens (tertiary/aromatic N) is 2. The van der Waals surface area contributed by atoms with Gasteiger partial charge in [-0.05, 0) is 12.1 Å². The molecule has 0 saturated carbocycles. The molecule has 1 fully saturated rings. The van der Waals surface area contributed by atoms with E-state index >= 15 is 0 Å². The Kier molecular flexibility index (Phi) is 6.20. The molecule has 5 nitrogen and oxygen atoms in total. The third kappa shape index (κ3) is 3.56. The molecule has 3 N–H and O–H groups in total. The van der Waals surface area contributed by atoms with E-state index in [1.165, 1.54) is 0 Å². The van der Waals surface area contributed by atoms with Gasteiger partial charge >= 0.3 is 0 Å². The molecule has 0 atom stereocenters. The first-order valence-corrected chi connectivity index (χ1v) is 6.41. The Hall–Kier alpha value is -1.56. The maximum absolute atomic E-state index is 11.6. The number of hydrogen-bond acceptors (Lipinski definition) is 4. The zero-order valence-electron chi connectivity index (χ0n) is 11.4. The van der Waals surface area contributed by atoms with Crippen LogP contribution >= 0.6 is 24.8 Å². The van der Waals surface area contributed by atoms with Crippen LogP contribution in [-0.4, -0.2) is 37.1 Å².